The van der Waals surface area contributed by atoms with E-state index in [0.29, 0.717) is 15.4 Å². The number of aromatic nitrogens is 3. The Balaban J connectivity index is 1.87. The van der Waals surface area contributed by atoms with Gasteiger partial charge in [0.15, 0.2) is 0 Å². The van der Waals surface area contributed by atoms with Crippen LogP contribution < -0.4 is 10.1 Å². The minimum absolute atomic E-state index is 0.0989. The third-order valence-corrected chi connectivity index (χ3v) is 3.92. The molecule has 6 nitrogen and oxygen atoms in total. The van der Waals surface area contributed by atoms with Crippen LogP contribution in [0.25, 0.3) is 0 Å². The highest BCUT2D eigenvalue weighted by atomic mass is 79.9. The fourth-order valence-corrected chi connectivity index (χ4v) is 2.57. The zero-order valence-corrected chi connectivity index (χ0v) is 13.8. The molecular weight excluding hydrogens is 387 g/mol. The average molecular weight is 395 g/mol. The number of pyridine rings is 1. The lowest BCUT2D eigenvalue weighted by Crippen LogP contribution is -2.13. The Bertz CT molecular complexity index is 845. The Kier molecular flexibility index (Phi) is 4.58. The van der Waals surface area contributed by atoms with Crippen LogP contribution in [0.4, 0.5) is 9.52 Å². The fourth-order valence-electron chi connectivity index (χ4n) is 1.70. The van der Waals surface area contributed by atoms with E-state index in [1.807, 2.05) is 0 Å². The van der Waals surface area contributed by atoms with E-state index in [4.69, 9.17) is 4.74 Å². The molecular formula is C14H8BrFN4O2S. The van der Waals surface area contributed by atoms with Crippen molar-refractivity contribution in [1.82, 2.24) is 15.2 Å². The lowest BCUT2D eigenvalue weighted by molar-refractivity contribution is 0.102. The zero-order valence-electron chi connectivity index (χ0n) is 11.4. The van der Waals surface area contributed by atoms with Crippen molar-refractivity contribution >= 4 is 38.3 Å². The molecule has 0 spiro atoms. The van der Waals surface area contributed by atoms with E-state index in [1.165, 1.54) is 41.2 Å². The van der Waals surface area contributed by atoms with Crippen LogP contribution in [-0.2, 0) is 0 Å². The zero-order chi connectivity index (χ0) is 16.2. The number of benzene rings is 1. The summed E-state index contributed by atoms with van der Waals surface area (Å²) in [7, 11) is 0. The van der Waals surface area contributed by atoms with Gasteiger partial charge in [0.25, 0.3) is 5.91 Å². The lowest BCUT2D eigenvalue weighted by Gasteiger charge is -2.10. The molecule has 0 atom stereocenters. The van der Waals surface area contributed by atoms with Crippen molar-refractivity contribution in [2.24, 2.45) is 0 Å². The van der Waals surface area contributed by atoms with Gasteiger partial charge in [-0.05, 0) is 46.3 Å². The number of nitrogens with zero attached hydrogens (tertiary/aromatic N) is 3. The molecule has 0 fully saturated rings. The first-order chi connectivity index (χ1) is 11.1. The second-order valence-corrected chi connectivity index (χ2v) is 5.92. The van der Waals surface area contributed by atoms with Gasteiger partial charge in [-0.25, -0.2) is 9.37 Å². The second-order valence-electron chi connectivity index (χ2n) is 4.23. The first-order valence-corrected chi connectivity index (χ1v) is 7.96. The third-order valence-electron chi connectivity index (χ3n) is 2.70. The van der Waals surface area contributed by atoms with Crippen molar-refractivity contribution in [2.75, 3.05) is 5.32 Å². The van der Waals surface area contributed by atoms with E-state index in [-0.39, 0.29) is 11.4 Å². The summed E-state index contributed by atoms with van der Waals surface area (Å²) in [4.78, 5) is 16.4. The summed E-state index contributed by atoms with van der Waals surface area (Å²) in [6.07, 6.45) is 1.49. The van der Waals surface area contributed by atoms with Crippen molar-refractivity contribution in [3.8, 4) is 11.6 Å². The Morgan fingerprint density at radius 3 is 2.96 bits per heavy atom. The Morgan fingerprint density at radius 1 is 1.35 bits per heavy atom. The maximum Gasteiger partial charge on any atom is 0.262 e. The highest BCUT2D eigenvalue weighted by molar-refractivity contribution is 9.10. The Morgan fingerprint density at radius 2 is 2.22 bits per heavy atom. The predicted molar refractivity (Wildman–Crippen MR) is 86.3 cm³/mol. The molecule has 0 aliphatic rings. The Labute approximate surface area is 142 Å². The molecule has 23 heavy (non-hydrogen) atoms. The summed E-state index contributed by atoms with van der Waals surface area (Å²) in [5.41, 5.74) is 1.73. The highest BCUT2D eigenvalue weighted by Gasteiger charge is 2.16. The van der Waals surface area contributed by atoms with Crippen molar-refractivity contribution in [2.45, 2.75) is 0 Å². The number of nitrogens with one attached hydrogen (secondary N) is 1. The smallest absolute Gasteiger partial charge is 0.262 e. The maximum atomic E-state index is 13.1. The van der Waals surface area contributed by atoms with E-state index in [0.717, 1.165) is 0 Å². The van der Waals surface area contributed by atoms with Crippen molar-refractivity contribution in [3.05, 3.63) is 57.9 Å². The van der Waals surface area contributed by atoms with Crippen LogP contribution in [0.2, 0.25) is 0 Å². The molecule has 0 radical (unpaired) electrons. The lowest BCUT2D eigenvalue weighted by atomic mass is 10.2. The summed E-state index contributed by atoms with van der Waals surface area (Å²) in [5.74, 6) is -0.389. The van der Waals surface area contributed by atoms with Gasteiger partial charge in [0.05, 0.1) is 4.47 Å². The van der Waals surface area contributed by atoms with E-state index in [9.17, 15) is 9.18 Å². The molecule has 116 valence electrons. The van der Waals surface area contributed by atoms with E-state index in [2.05, 4.69) is 36.4 Å². The molecule has 9 heteroatoms. The molecule has 0 aliphatic carbocycles. The number of anilines is 1. The maximum absolute atomic E-state index is 13.1. The first-order valence-electron chi connectivity index (χ1n) is 6.29. The molecule has 0 saturated carbocycles. The SMILES string of the molecule is O=C(Nc1nncs1)c1cccnc1Oc1ccc(F)cc1Br. The largest absolute Gasteiger partial charge is 0.437 e. The van der Waals surface area contributed by atoms with Crippen LogP contribution in [-0.4, -0.2) is 21.1 Å². The number of amides is 1. The summed E-state index contributed by atoms with van der Waals surface area (Å²) in [6.45, 7) is 0. The van der Waals surface area contributed by atoms with Crippen LogP contribution in [0.5, 0.6) is 11.6 Å². The van der Waals surface area contributed by atoms with Gasteiger partial charge in [0, 0.05) is 6.20 Å². The quantitative estimate of drug-likeness (QED) is 0.726. The van der Waals surface area contributed by atoms with E-state index in [1.54, 1.807) is 12.1 Å². The summed E-state index contributed by atoms with van der Waals surface area (Å²) < 4.78 is 19.2. The van der Waals surface area contributed by atoms with E-state index < -0.39 is 11.7 Å². The average Bonchev–Trinajstić information content (AvgIpc) is 3.03. The molecule has 3 rings (SSSR count). The number of hydrogen-bond acceptors (Lipinski definition) is 6. The van der Waals surface area contributed by atoms with Crippen LogP contribution in [0, 0.1) is 5.82 Å². The van der Waals surface area contributed by atoms with Crippen LogP contribution in [0.15, 0.2) is 46.5 Å². The number of rotatable bonds is 4. The highest BCUT2D eigenvalue weighted by Crippen LogP contribution is 2.31. The van der Waals surface area contributed by atoms with Crippen LogP contribution in [0.1, 0.15) is 10.4 Å². The molecule has 0 bridgehead atoms. The molecule has 0 aliphatic heterocycles. The number of carbonyl (C=O) groups is 1. The molecule has 0 unspecified atom stereocenters. The van der Waals surface area contributed by atoms with Crippen molar-refractivity contribution in [3.63, 3.8) is 0 Å². The topological polar surface area (TPSA) is 77.0 Å². The van der Waals surface area contributed by atoms with Crippen molar-refractivity contribution < 1.29 is 13.9 Å². The molecule has 2 heterocycles. The first kappa shape index (κ1) is 15.5. The number of halogens is 2. The Hall–Kier alpha value is -2.39. The number of hydrogen-bond donors (Lipinski definition) is 1. The predicted octanol–water partition coefficient (Wildman–Crippen LogP) is 3.88. The minimum Gasteiger partial charge on any atom is -0.437 e. The van der Waals surface area contributed by atoms with E-state index >= 15 is 0 Å². The van der Waals surface area contributed by atoms with Crippen LogP contribution >= 0.6 is 27.3 Å². The fraction of sp³-hybridized carbons (Fsp3) is 0. The molecule has 1 amide bonds. The van der Waals surface area contributed by atoms with Gasteiger partial charge in [-0.1, -0.05) is 11.3 Å². The molecule has 2 aromatic heterocycles. The molecule has 3 aromatic rings. The summed E-state index contributed by atoms with van der Waals surface area (Å²) in [6, 6.07) is 7.14. The monoisotopic (exact) mass is 394 g/mol. The van der Waals surface area contributed by atoms with Gasteiger partial charge in [-0.15, -0.1) is 10.2 Å². The van der Waals surface area contributed by atoms with Crippen LogP contribution in [0.3, 0.4) is 0 Å². The number of carbonyl (C=O) groups excluding carboxylic acids is 1. The minimum atomic E-state index is -0.428. The van der Waals surface area contributed by atoms with Gasteiger partial charge in [0.1, 0.15) is 22.6 Å². The third kappa shape index (κ3) is 3.69. The van der Waals surface area contributed by atoms with Crippen molar-refractivity contribution in [1.29, 1.82) is 0 Å². The van der Waals surface area contributed by atoms with Gasteiger partial charge < -0.3 is 4.74 Å². The molecule has 1 aromatic carbocycles. The number of ether oxygens (including phenoxy) is 1. The molecule has 0 saturated heterocycles. The summed E-state index contributed by atoms with van der Waals surface area (Å²) >= 11 is 4.40. The van der Waals surface area contributed by atoms with Gasteiger partial charge in [-0.2, -0.15) is 0 Å². The van der Waals surface area contributed by atoms with Gasteiger partial charge in [-0.3, -0.25) is 10.1 Å². The standard InChI is InChI=1S/C14H8BrFN4O2S/c15-10-6-8(16)3-4-11(10)22-13-9(2-1-5-17-13)12(21)19-14-20-18-7-23-14/h1-7H,(H,19,20,21). The summed E-state index contributed by atoms with van der Waals surface area (Å²) in [5, 5.41) is 10.4. The van der Waals surface area contributed by atoms with Gasteiger partial charge >= 0.3 is 0 Å². The second kappa shape index (κ2) is 6.80. The normalized spacial score (nSPS) is 10.3. The molecule has 1 N–H and O–H groups in total. The van der Waals surface area contributed by atoms with Gasteiger partial charge in [0.2, 0.25) is 11.0 Å².